The van der Waals surface area contributed by atoms with Crippen LogP contribution in [0.4, 0.5) is 5.69 Å². The normalized spacial score (nSPS) is 11.5. The molecular weight excluding hydrogens is 418 g/mol. The average molecular weight is 452 g/mol. The van der Waals surface area contributed by atoms with Crippen molar-refractivity contribution >= 4 is 34.3 Å². The zero-order valence-corrected chi connectivity index (χ0v) is 20.5. The van der Waals surface area contributed by atoms with E-state index in [0.29, 0.717) is 34.4 Å². The van der Waals surface area contributed by atoms with Gasteiger partial charge in [0.2, 0.25) is 5.91 Å². The van der Waals surface area contributed by atoms with E-state index in [-0.39, 0.29) is 17.2 Å². The summed E-state index contributed by atoms with van der Waals surface area (Å²) < 4.78 is 1.71. The van der Waals surface area contributed by atoms with Gasteiger partial charge < -0.3 is 5.32 Å². The molecule has 0 radical (unpaired) electrons. The largest absolute Gasteiger partial charge is 0.325 e. The fourth-order valence-corrected chi connectivity index (χ4v) is 4.60. The van der Waals surface area contributed by atoms with Crippen molar-refractivity contribution in [3.05, 3.63) is 63.9 Å². The molecule has 0 saturated carbocycles. The number of benzene rings is 2. The molecule has 1 amide bonds. The molecule has 0 aliphatic rings. The van der Waals surface area contributed by atoms with Gasteiger partial charge in [-0.3, -0.25) is 14.2 Å². The Bertz CT molecular complexity index is 1130. The third kappa shape index (κ3) is 5.41. The number of para-hydroxylation sites is 2. The molecule has 0 spiro atoms. The standard InChI is InChI=1S/C26H33N3O2S/c1-6-7-15-29-25(31)21-11-8-9-14-22(21)27-26(29)32-16-23(30)28-24-19(17(2)3)12-10-13-20(24)18(4)5/h8-14,17-18H,6-7,15-16H2,1-5H3,(H,28,30). The van der Waals surface area contributed by atoms with Crippen molar-refractivity contribution in [2.24, 2.45) is 0 Å². The minimum absolute atomic E-state index is 0.0424. The van der Waals surface area contributed by atoms with Gasteiger partial charge in [-0.1, -0.05) is 83.1 Å². The van der Waals surface area contributed by atoms with Crippen LogP contribution in [0.3, 0.4) is 0 Å². The van der Waals surface area contributed by atoms with Crippen molar-refractivity contribution in [2.45, 2.75) is 71.0 Å². The fourth-order valence-electron chi connectivity index (χ4n) is 3.77. The number of unbranched alkanes of at least 4 members (excludes halogenated alkanes) is 1. The number of nitrogens with zero attached hydrogens (tertiary/aromatic N) is 2. The van der Waals surface area contributed by atoms with Crippen LogP contribution < -0.4 is 10.9 Å². The number of carbonyl (C=O) groups is 1. The number of fused-ring (bicyclic) bond motifs is 1. The highest BCUT2D eigenvalue weighted by atomic mass is 32.2. The first-order valence-electron chi connectivity index (χ1n) is 11.4. The Balaban J connectivity index is 1.86. The van der Waals surface area contributed by atoms with E-state index >= 15 is 0 Å². The van der Waals surface area contributed by atoms with Crippen LogP contribution >= 0.6 is 11.8 Å². The first-order chi connectivity index (χ1) is 15.3. The smallest absolute Gasteiger partial charge is 0.262 e. The Morgan fingerprint density at radius 1 is 1.03 bits per heavy atom. The predicted molar refractivity (Wildman–Crippen MR) is 135 cm³/mol. The van der Waals surface area contributed by atoms with Crippen LogP contribution in [0.2, 0.25) is 0 Å². The summed E-state index contributed by atoms with van der Waals surface area (Å²) in [5.74, 6) is 0.714. The second-order valence-corrected chi connectivity index (χ2v) is 9.62. The Morgan fingerprint density at radius 2 is 1.69 bits per heavy atom. The molecule has 3 aromatic rings. The molecule has 6 heteroatoms. The van der Waals surface area contributed by atoms with Crippen LogP contribution in [-0.4, -0.2) is 21.2 Å². The molecule has 32 heavy (non-hydrogen) atoms. The lowest BCUT2D eigenvalue weighted by molar-refractivity contribution is -0.113. The van der Waals surface area contributed by atoms with Gasteiger partial charge in [0, 0.05) is 12.2 Å². The number of hydrogen-bond acceptors (Lipinski definition) is 4. The molecule has 0 aliphatic carbocycles. The molecule has 3 rings (SSSR count). The lowest BCUT2D eigenvalue weighted by Crippen LogP contribution is -2.24. The van der Waals surface area contributed by atoms with E-state index in [1.165, 1.54) is 11.8 Å². The quantitative estimate of drug-likeness (QED) is 0.312. The number of rotatable bonds is 9. The number of amides is 1. The number of anilines is 1. The van der Waals surface area contributed by atoms with Gasteiger partial charge in [-0.2, -0.15) is 0 Å². The first-order valence-corrected chi connectivity index (χ1v) is 12.4. The molecule has 5 nitrogen and oxygen atoms in total. The molecule has 1 heterocycles. The van der Waals surface area contributed by atoms with Crippen molar-refractivity contribution < 1.29 is 4.79 Å². The second-order valence-electron chi connectivity index (χ2n) is 8.68. The minimum Gasteiger partial charge on any atom is -0.325 e. The van der Waals surface area contributed by atoms with E-state index in [1.54, 1.807) is 4.57 Å². The zero-order chi connectivity index (χ0) is 23.3. The van der Waals surface area contributed by atoms with Crippen LogP contribution in [0.5, 0.6) is 0 Å². The van der Waals surface area contributed by atoms with Crippen molar-refractivity contribution in [2.75, 3.05) is 11.1 Å². The van der Waals surface area contributed by atoms with E-state index in [4.69, 9.17) is 4.98 Å². The Morgan fingerprint density at radius 3 is 2.31 bits per heavy atom. The summed E-state index contributed by atoms with van der Waals surface area (Å²) in [4.78, 5) is 30.7. The van der Waals surface area contributed by atoms with Crippen LogP contribution in [-0.2, 0) is 11.3 Å². The summed E-state index contributed by atoms with van der Waals surface area (Å²) in [7, 11) is 0. The molecule has 0 fully saturated rings. The molecular formula is C26H33N3O2S. The van der Waals surface area contributed by atoms with Gasteiger partial charge in [-0.25, -0.2) is 4.98 Å². The maximum absolute atomic E-state index is 13.0. The van der Waals surface area contributed by atoms with Crippen LogP contribution in [0.25, 0.3) is 10.9 Å². The molecule has 1 aromatic heterocycles. The van der Waals surface area contributed by atoms with Gasteiger partial charge in [0.25, 0.3) is 5.56 Å². The van der Waals surface area contributed by atoms with Crippen LogP contribution in [0.1, 0.15) is 70.4 Å². The van der Waals surface area contributed by atoms with E-state index in [0.717, 1.165) is 29.7 Å². The lowest BCUT2D eigenvalue weighted by Gasteiger charge is -2.20. The van der Waals surface area contributed by atoms with Gasteiger partial charge >= 0.3 is 0 Å². The van der Waals surface area contributed by atoms with Gasteiger partial charge in [-0.15, -0.1) is 0 Å². The molecule has 0 aliphatic heterocycles. The number of hydrogen-bond donors (Lipinski definition) is 1. The Labute approximate surface area is 194 Å². The second kappa shape index (κ2) is 10.8. The predicted octanol–water partition coefficient (Wildman–Crippen LogP) is 6.17. The summed E-state index contributed by atoms with van der Waals surface area (Å²) >= 11 is 1.32. The highest BCUT2D eigenvalue weighted by molar-refractivity contribution is 7.99. The summed E-state index contributed by atoms with van der Waals surface area (Å²) in [5, 5.41) is 4.36. The Hall–Kier alpha value is -2.60. The topological polar surface area (TPSA) is 64.0 Å². The van der Waals surface area contributed by atoms with E-state index < -0.39 is 0 Å². The summed E-state index contributed by atoms with van der Waals surface area (Å²) in [6.45, 7) is 11.2. The van der Waals surface area contributed by atoms with Crippen molar-refractivity contribution in [3.63, 3.8) is 0 Å². The molecule has 0 saturated heterocycles. The van der Waals surface area contributed by atoms with Crippen molar-refractivity contribution in [1.29, 1.82) is 0 Å². The Kier molecular flexibility index (Phi) is 8.13. The van der Waals surface area contributed by atoms with Gasteiger partial charge in [0.1, 0.15) is 0 Å². The molecule has 170 valence electrons. The minimum atomic E-state index is -0.0885. The zero-order valence-electron chi connectivity index (χ0n) is 19.6. The summed E-state index contributed by atoms with van der Waals surface area (Å²) in [6.07, 6.45) is 1.87. The van der Waals surface area contributed by atoms with Crippen LogP contribution in [0, 0.1) is 0 Å². The lowest BCUT2D eigenvalue weighted by atomic mass is 9.92. The summed E-state index contributed by atoms with van der Waals surface area (Å²) in [6, 6.07) is 13.6. The number of thioether (sulfide) groups is 1. The molecule has 2 aromatic carbocycles. The SMILES string of the molecule is CCCCn1c(SCC(=O)Nc2c(C(C)C)cccc2C(C)C)nc2ccccc2c1=O. The molecule has 0 atom stereocenters. The average Bonchev–Trinajstić information content (AvgIpc) is 2.77. The third-order valence-corrected chi connectivity index (χ3v) is 6.51. The van der Waals surface area contributed by atoms with E-state index in [2.05, 4.69) is 58.1 Å². The number of nitrogens with one attached hydrogen (secondary N) is 1. The molecule has 1 N–H and O–H groups in total. The third-order valence-electron chi connectivity index (χ3n) is 5.53. The maximum atomic E-state index is 13.0. The summed E-state index contributed by atoms with van der Waals surface area (Å²) in [5.41, 5.74) is 3.81. The highest BCUT2D eigenvalue weighted by Crippen LogP contribution is 2.32. The van der Waals surface area contributed by atoms with E-state index in [9.17, 15) is 9.59 Å². The maximum Gasteiger partial charge on any atom is 0.262 e. The van der Waals surface area contributed by atoms with Gasteiger partial charge in [0.05, 0.1) is 16.7 Å². The van der Waals surface area contributed by atoms with E-state index in [1.807, 2.05) is 24.3 Å². The van der Waals surface area contributed by atoms with Gasteiger partial charge in [0.15, 0.2) is 5.16 Å². The monoisotopic (exact) mass is 451 g/mol. The van der Waals surface area contributed by atoms with Crippen LogP contribution in [0.15, 0.2) is 52.4 Å². The van der Waals surface area contributed by atoms with Gasteiger partial charge in [-0.05, 0) is 41.5 Å². The fraction of sp³-hybridized carbons (Fsp3) is 0.423. The van der Waals surface area contributed by atoms with Crippen molar-refractivity contribution in [1.82, 2.24) is 9.55 Å². The number of carbonyl (C=O) groups excluding carboxylic acids is 1. The van der Waals surface area contributed by atoms with Crippen molar-refractivity contribution in [3.8, 4) is 0 Å². The molecule has 0 unspecified atom stereocenters. The molecule has 0 bridgehead atoms. The first kappa shape index (κ1) is 24.1. The highest BCUT2D eigenvalue weighted by Gasteiger charge is 2.17. The number of aromatic nitrogens is 2.